The zero-order valence-corrected chi connectivity index (χ0v) is 19.2. The van der Waals surface area contributed by atoms with Gasteiger partial charge in [-0.05, 0) is 66.6 Å². The van der Waals surface area contributed by atoms with Gasteiger partial charge in [-0.2, -0.15) is 0 Å². The van der Waals surface area contributed by atoms with Crippen LogP contribution in [-0.4, -0.2) is 24.6 Å². The van der Waals surface area contributed by atoms with Crippen LogP contribution in [0.3, 0.4) is 0 Å². The van der Waals surface area contributed by atoms with E-state index in [0.29, 0.717) is 16.3 Å². The number of carbonyl (C=O) groups is 3. The molecule has 0 spiro atoms. The molecule has 3 rings (SSSR count). The minimum absolute atomic E-state index is 0.210. The number of benzene rings is 3. The van der Waals surface area contributed by atoms with Crippen molar-refractivity contribution in [1.82, 2.24) is 5.32 Å². The lowest BCUT2D eigenvalue weighted by atomic mass is 10.1. The van der Waals surface area contributed by atoms with Crippen molar-refractivity contribution in [2.24, 2.45) is 0 Å². The molecule has 8 heteroatoms. The van der Waals surface area contributed by atoms with Crippen molar-refractivity contribution in [1.29, 1.82) is 0 Å². The molecule has 3 aromatic rings. The summed E-state index contributed by atoms with van der Waals surface area (Å²) in [5, 5.41) is 6.17. The summed E-state index contributed by atoms with van der Waals surface area (Å²) in [5.41, 5.74) is 2.54. The smallest absolute Gasteiger partial charge is 0.434 e. The third-order valence-corrected chi connectivity index (χ3v) is 4.90. The largest absolute Gasteiger partial charge is 0.513 e. The second-order valence-corrected chi connectivity index (χ2v) is 7.44. The van der Waals surface area contributed by atoms with Crippen LogP contribution in [0, 0.1) is 0 Å². The Morgan fingerprint density at radius 1 is 0.971 bits per heavy atom. The fourth-order valence-corrected chi connectivity index (χ4v) is 3.10. The molecular formula is C26H23ClN2O5. The van der Waals surface area contributed by atoms with Crippen LogP contribution < -0.4 is 15.4 Å². The zero-order valence-electron chi connectivity index (χ0n) is 18.4. The van der Waals surface area contributed by atoms with Crippen LogP contribution in [0.5, 0.6) is 5.75 Å². The second kappa shape index (κ2) is 12.2. The molecule has 0 bridgehead atoms. The first kappa shape index (κ1) is 24.5. The molecule has 0 fully saturated rings. The third-order valence-electron chi connectivity index (χ3n) is 4.55. The number of hydrogen-bond donors (Lipinski definition) is 2. The Kier molecular flexibility index (Phi) is 8.82. The lowest BCUT2D eigenvalue weighted by molar-refractivity contribution is -0.116. The van der Waals surface area contributed by atoms with Crippen molar-refractivity contribution in [3.63, 3.8) is 0 Å². The summed E-state index contributed by atoms with van der Waals surface area (Å²) < 4.78 is 9.69. The Balaban J connectivity index is 1.53. The average Bonchev–Trinajstić information content (AvgIpc) is 2.83. The molecule has 0 saturated heterocycles. The Morgan fingerprint density at radius 2 is 1.74 bits per heavy atom. The predicted octanol–water partition coefficient (Wildman–Crippen LogP) is 5.46. The first-order chi connectivity index (χ1) is 16.4. The van der Waals surface area contributed by atoms with Gasteiger partial charge in [0, 0.05) is 28.9 Å². The van der Waals surface area contributed by atoms with Crippen molar-refractivity contribution in [2.45, 2.75) is 13.5 Å². The number of ether oxygens (including phenoxy) is 2. The topological polar surface area (TPSA) is 93.7 Å². The summed E-state index contributed by atoms with van der Waals surface area (Å²) in [6, 6.07) is 20.5. The normalized spacial score (nSPS) is 10.5. The number of amides is 2. The molecule has 174 valence electrons. The van der Waals surface area contributed by atoms with Crippen LogP contribution in [-0.2, 0) is 16.1 Å². The van der Waals surface area contributed by atoms with Gasteiger partial charge in [0.15, 0.2) is 0 Å². The van der Waals surface area contributed by atoms with E-state index in [9.17, 15) is 14.4 Å². The van der Waals surface area contributed by atoms with Crippen LogP contribution in [0.15, 0.2) is 78.9 Å². The number of hydrogen-bond acceptors (Lipinski definition) is 5. The van der Waals surface area contributed by atoms with Crippen LogP contribution in [0.4, 0.5) is 10.5 Å². The lowest BCUT2D eigenvalue weighted by Gasteiger charge is -2.09. The van der Waals surface area contributed by atoms with Crippen LogP contribution in [0.25, 0.3) is 6.08 Å². The van der Waals surface area contributed by atoms with Crippen molar-refractivity contribution in [3.05, 3.63) is 101 Å². The van der Waals surface area contributed by atoms with Gasteiger partial charge < -0.3 is 20.1 Å². The minimum atomic E-state index is -0.803. The molecule has 0 aliphatic rings. The standard InChI is InChI=1S/C26H23ClN2O5/c1-2-33-26(32)34-22-13-10-20(11-14-22)25(31)29-21-8-5-6-18(16-21)17-28-24(30)15-12-19-7-3-4-9-23(19)27/h3-16H,2,17H2,1H3,(H,28,30)(H,29,31)/b15-12+. The summed E-state index contributed by atoms with van der Waals surface area (Å²) in [6.07, 6.45) is 2.27. The molecule has 0 atom stereocenters. The number of anilines is 1. The van der Waals surface area contributed by atoms with E-state index < -0.39 is 6.16 Å². The van der Waals surface area contributed by atoms with Gasteiger partial charge in [0.2, 0.25) is 5.91 Å². The maximum Gasteiger partial charge on any atom is 0.513 e. The number of halogens is 1. The minimum Gasteiger partial charge on any atom is -0.434 e. The van der Waals surface area contributed by atoms with Gasteiger partial charge in [-0.25, -0.2) is 4.79 Å². The molecule has 0 radical (unpaired) electrons. The highest BCUT2D eigenvalue weighted by atomic mass is 35.5. The lowest BCUT2D eigenvalue weighted by Crippen LogP contribution is -2.20. The van der Waals surface area contributed by atoms with E-state index in [1.165, 1.54) is 18.2 Å². The van der Waals surface area contributed by atoms with Gasteiger partial charge in [-0.15, -0.1) is 0 Å². The highest BCUT2D eigenvalue weighted by Crippen LogP contribution is 2.17. The summed E-state index contributed by atoms with van der Waals surface area (Å²) >= 11 is 6.08. The molecule has 0 heterocycles. The molecule has 2 N–H and O–H groups in total. The Bertz CT molecular complexity index is 1190. The highest BCUT2D eigenvalue weighted by Gasteiger charge is 2.09. The molecule has 0 aromatic heterocycles. The molecular weight excluding hydrogens is 456 g/mol. The summed E-state index contributed by atoms with van der Waals surface area (Å²) in [5.74, 6) is -0.317. The molecule has 0 unspecified atom stereocenters. The molecule has 34 heavy (non-hydrogen) atoms. The monoisotopic (exact) mass is 478 g/mol. The molecule has 0 saturated carbocycles. The molecule has 7 nitrogen and oxygen atoms in total. The molecule has 2 amide bonds. The van der Waals surface area contributed by atoms with Crippen LogP contribution in [0.2, 0.25) is 5.02 Å². The Labute approximate surface area is 202 Å². The van der Waals surface area contributed by atoms with Crippen molar-refractivity contribution >= 4 is 41.3 Å². The van der Waals surface area contributed by atoms with E-state index in [1.807, 2.05) is 24.3 Å². The van der Waals surface area contributed by atoms with Gasteiger partial charge in [0.1, 0.15) is 5.75 Å². The fraction of sp³-hybridized carbons (Fsp3) is 0.115. The van der Waals surface area contributed by atoms with Gasteiger partial charge in [0.05, 0.1) is 6.61 Å². The highest BCUT2D eigenvalue weighted by molar-refractivity contribution is 6.32. The first-order valence-corrected chi connectivity index (χ1v) is 10.9. The average molecular weight is 479 g/mol. The van der Waals surface area contributed by atoms with E-state index in [-0.39, 0.29) is 30.7 Å². The Hall–Kier alpha value is -4.10. The van der Waals surface area contributed by atoms with E-state index in [0.717, 1.165) is 11.1 Å². The molecule has 3 aromatic carbocycles. The first-order valence-electron chi connectivity index (χ1n) is 10.5. The van der Waals surface area contributed by atoms with E-state index in [2.05, 4.69) is 10.6 Å². The molecule has 0 aliphatic carbocycles. The Morgan fingerprint density at radius 3 is 2.47 bits per heavy atom. The van der Waals surface area contributed by atoms with Gasteiger partial charge in [-0.3, -0.25) is 9.59 Å². The van der Waals surface area contributed by atoms with Crippen LogP contribution in [0.1, 0.15) is 28.4 Å². The second-order valence-electron chi connectivity index (χ2n) is 7.04. The fourth-order valence-electron chi connectivity index (χ4n) is 2.90. The van der Waals surface area contributed by atoms with E-state index >= 15 is 0 Å². The zero-order chi connectivity index (χ0) is 24.3. The van der Waals surface area contributed by atoms with Gasteiger partial charge >= 0.3 is 6.16 Å². The number of nitrogens with one attached hydrogen (secondary N) is 2. The maximum absolute atomic E-state index is 12.5. The van der Waals surface area contributed by atoms with Crippen molar-refractivity contribution in [2.75, 3.05) is 11.9 Å². The predicted molar refractivity (Wildman–Crippen MR) is 131 cm³/mol. The van der Waals surface area contributed by atoms with Crippen molar-refractivity contribution < 1.29 is 23.9 Å². The van der Waals surface area contributed by atoms with Gasteiger partial charge in [-0.1, -0.05) is 41.9 Å². The van der Waals surface area contributed by atoms with Crippen molar-refractivity contribution in [3.8, 4) is 5.75 Å². The molecule has 0 aliphatic heterocycles. The quantitative estimate of drug-likeness (QED) is 0.255. The maximum atomic E-state index is 12.5. The van der Waals surface area contributed by atoms with E-state index in [1.54, 1.807) is 49.4 Å². The number of carbonyl (C=O) groups excluding carboxylic acids is 3. The summed E-state index contributed by atoms with van der Waals surface area (Å²) in [4.78, 5) is 36.0. The van der Waals surface area contributed by atoms with E-state index in [4.69, 9.17) is 21.1 Å². The third kappa shape index (κ3) is 7.50. The summed E-state index contributed by atoms with van der Waals surface area (Å²) in [6.45, 7) is 2.17. The van der Waals surface area contributed by atoms with Crippen LogP contribution >= 0.6 is 11.6 Å². The SMILES string of the molecule is CCOC(=O)Oc1ccc(C(=O)Nc2cccc(CNC(=O)/C=C/c3ccccc3Cl)c2)cc1. The number of rotatable bonds is 8. The summed E-state index contributed by atoms with van der Waals surface area (Å²) in [7, 11) is 0. The van der Waals surface area contributed by atoms with Gasteiger partial charge in [0.25, 0.3) is 5.91 Å².